The molecule has 0 heterocycles. The Labute approximate surface area is 136 Å². The largest absolute Gasteiger partial charge is 0.326 e. The van der Waals surface area contributed by atoms with Gasteiger partial charge in [-0.25, -0.2) is 0 Å². The van der Waals surface area contributed by atoms with Crippen LogP contribution in [-0.4, -0.2) is 11.8 Å². The quantitative estimate of drug-likeness (QED) is 0.859. The number of nitrogens with one attached hydrogen (secondary N) is 2. The van der Waals surface area contributed by atoms with E-state index in [4.69, 9.17) is 0 Å². The molecule has 0 unspecified atom stereocenters. The van der Waals surface area contributed by atoms with Gasteiger partial charge in [0.1, 0.15) is 0 Å². The van der Waals surface area contributed by atoms with Gasteiger partial charge in [-0.3, -0.25) is 9.59 Å². The minimum Gasteiger partial charge on any atom is -0.326 e. The second-order valence-corrected chi connectivity index (χ2v) is 5.71. The summed E-state index contributed by atoms with van der Waals surface area (Å²) < 4.78 is 0. The van der Waals surface area contributed by atoms with Gasteiger partial charge in [0.15, 0.2) is 0 Å². The SMILES string of the molecule is CCC(=O)Nc1ccc(C(=O)Nc2ccc(C(C)C)cc2)cc1. The van der Waals surface area contributed by atoms with Crippen molar-refractivity contribution in [2.45, 2.75) is 33.1 Å². The van der Waals surface area contributed by atoms with Crippen LogP contribution in [0.15, 0.2) is 48.5 Å². The Bertz CT molecular complexity index is 674. The summed E-state index contributed by atoms with van der Waals surface area (Å²) >= 11 is 0. The van der Waals surface area contributed by atoms with Crippen LogP contribution in [0.3, 0.4) is 0 Å². The van der Waals surface area contributed by atoms with Crippen LogP contribution in [0, 0.1) is 0 Å². The van der Waals surface area contributed by atoms with Crippen molar-refractivity contribution < 1.29 is 9.59 Å². The molecule has 2 aromatic rings. The molecule has 0 bridgehead atoms. The summed E-state index contributed by atoms with van der Waals surface area (Å²) in [6.45, 7) is 6.06. The summed E-state index contributed by atoms with van der Waals surface area (Å²) in [5, 5.41) is 5.62. The summed E-state index contributed by atoms with van der Waals surface area (Å²) in [7, 11) is 0. The first kappa shape index (κ1) is 16.7. The van der Waals surface area contributed by atoms with E-state index in [2.05, 4.69) is 24.5 Å². The van der Waals surface area contributed by atoms with Gasteiger partial charge in [0, 0.05) is 23.4 Å². The Balaban J connectivity index is 2.01. The zero-order chi connectivity index (χ0) is 16.8. The molecule has 0 aliphatic heterocycles. The fourth-order valence-corrected chi connectivity index (χ4v) is 2.11. The standard InChI is InChI=1S/C19H22N2O2/c1-4-18(22)20-16-11-7-15(8-12-16)19(23)21-17-9-5-14(6-10-17)13(2)3/h5-13H,4H2,1-3H3,(H,20,22)(H,21,23). The number of hydrogen-bond acceptors (Lipinski definition) is 2. The molecule has 0 saturated heterocycles. The van der Waals surface area contributed by atoms with E-state index >= 15 is 0 Å². The molecule has 2 aromatic carbocycles. The van der Waals surface area contributed by atoms with Crippen molar-refractivity contribution in [1.29, 1.82) is 0 Å². The van der Waals surface area contributed by atoms with Crippen molar-refractivity contribution in [3.63, 3.8) is 0 Å². The van der Waals surface area contributed by atoms with Gasteiger partial charge in [-0.2, -0.15) is 0 Å². The summed E-state index contributed by atoms with van der Waals surface area (Å²) in [5.41, 5.74) is 3.24. The smallest absolute Gasteiger partial charge is 0.255 e. The lowest BCUT2D eigenvalue weighted by molar-refractivity contribution is -0.115. The van der Waals surface area contributed by atoms with E-state index in [-0.39, 0.29) is 11.8 Å². The summed E-state index contributed by atoms with van der Waals surface area (Å²) in [6.07, 6.45) is 0.425. The fraction of sp³-hybridized carbons (Fsp3) is 0.263. The maximum absolute atomic E-state index is 12.2. The lowest BCUT2D eigenvalue weighted by Crippen LogP contribution is -2.13. The van der Waals surface area contributed by atoms with Crippen LogP contribution in [0.4, 0.5) is 11.4 Å². The van der Waals surface area contributed by atoms with Gasteiger partial charge in [-0.1, -0.05) is 32.9 Å². The lowest BCUT2D eigenvalue weighted by atomic mass is 10.0. The van der Waals surface area contributed by atoms with E-state index in [0.717, 1.165) is 5.69 Å². The normalized spacial score (nSPS) is 10.4. The average Bonchev–Trinajstić information content (AvgIpc) is 2.55. The first-order valence-corrected chi connectivity index (χ1v) is 7.81. The molecule has 0 atom stereocenters. The molecule has 2 amide bonds. The van der Waals surface area contributed by atoms with Gasteiger partial charge in [0.25, 0.3) is 5.91 Å². The van der Waals surface area contributed by atoms with Crippen LogP contribution in [0.1, 0.15) is 49.0 Å². The monoisotopic (exact) mass is 310 g/mol. The summed E-state index contributed by atoms with van der Waals surface area (Å²) in [4.78, 5) is 23.6. The van der Waals surface area contributed by atoms with Crippen LogP contribution in [0.2, 0.25) is 0 Å². The minimum atomic E-state index is -0.171. The predicted molar refractivity (Wildman–Crippen MR) is 93.8 cm³/mol. The van der Waals surface area contributed by atoms with E-state index in [1.165, 1.54) is 5.56 Å². The molecule has 0 saturated carbocycles. The molecule has 23 heavy (non-hydrogen) atoms. The van der Waals surface area contributed by atoms with Crippen LogP contribution < -0.4 is 10.6 Å². The van der Waals surface area contributed by atoms with Gasteiger partial charge in [-0.15, -0.1) is 0 Å². The fourth-order valence-electron chi connectivity index (χ4n) is 2.11. The first-order chi connectivity index (χ1) is 11.0. The Morgan fingerprint density at radius 2 is 1.39 bits per heavy atom. The third kappa shape index (κ3) is 4.68. The first-order valence-electron chi connectivity index (χ1n) is 7.81. The molecule has 0 aliphatic rings. The molecular formula is C19H22N2O2. The maximum atomic E-state index is 12.2. The highest BCUT2D eigenvalue weighted by atomic mass is 16.2. The molecular weight excluding hydrogens is 288 g/mol. The van der Waals surface area contributed by atoms with Gasteiger partial charge in [-0.05, 0) is 47.9 Å². The molecule has 2 N–H and O–H groups in total. The van der Waals surface area contributed by atoms with Crippen LogP contribution in [-0.2, 0) is 4.79 Å². The van der Waals surface area contributed by atoms with Crippen LogP contribution >= 0.6 is 0 Å². The Hall–Kier alpha value is -2.62. The van der Waals surface area contributed by atoms with E-state index in [9.17, 15) is 9.59 Å². The summed E-state index contributed by atoms with van der Waals surface area (Å²) in [6, 6.07) is 14.7. The van der Waals surface area contributed by atoms with Gasteiger partial charge in [0.05, 0.1) is 0 Å². The van der Waals surface area contributed by atoms with Gasteiger partial charge in [0.2, 0.25) is 5.91 Å². The zero-order valence-electron chi connectivity index (χ0n) is 13.7. The Morgan fingerprint density at radius 1 is 0.870 bits per heavy atom. The second kappa shape index (κ2) is 7.58. The highest BCUT2D eigenvalue weighted by molar-refractivity contribution is 6.04. The summed E-state index contributed by atoms with van der Waals surface area (Å²) in [5.74, 6) is 0.244. The highest BCUT2D eigenvalue weighted by Crippen LogP contribution is 2.18. The lowest BCUT2D eigenvalue weighted by Gasteiger charge is -2.09. The molecule has 0 aromatic heterocycles. The van der Waals surface area contributed by atoms with Crippen molar-refractivity contribution in [1.82, 2.24) is 0 Å². The molecule has 0 radical (unpaired) electrons. The van der Waals surface area contributed by atoms with Gasteiger partial charge >= 0.3 is 0 Å². The van der Waals surface area contributed by atoms with E-state index in [1.54, 1.807) is 31.2 Å². The molecule has 4 heteroatoms. The third-order valence-corrected chi connectivity index (χ3v) is 3.59. The molecule has 4 nitrogen and oxygen atoms in total. The molecule has 0 fully saturated rings. The molecule has 120 valence electrons. The second-order valence-electron chi connectivity index (χ2n) is 5.71. The topological polar surface area (TPSA) is 58.2 Å². The van der Waals surface area contributed by atoms with Crippen molar-refractivity contribution >= 4 is 23.2 Å². The van der Waals surface area contributed by atoms with E-state index in [1.807, 2.05) is 24.3 Å². The Morgan fingerprint density at radius 3 is 1.91 bits per heavy atom. The molecule has 0 spiro atoms. The number of carbonyl (C=O) groups is 2. The predicted octanol–water partition coefficient (Wildman–Crippen LogP) is 4.41. The van der Waals surface area contributed by atoms with E-state index < -0.39 is 0 Å². The van der Waals surface area contributed by atoms with Crippen molar-refractivity contribution in [3.8, 4) is 0 Å². The van der Waals surface area contributed by atoms with Crippen LogP contribution in [0.25, 0.3) is 0 Å². The van der Waals surface area contributed by atoms with Crippen molar-refractivity contribution in [2.75, 3.05) is 10.6 Å². The zero-order valence-corrected chi connectivity index (χ0v) is 13.7. The number of benzene rings is 2. The minimum absolute atomic E-state index is 0.0487. The number of hydrogen-bond donors (Lipinski definition) is 2. The number of carbonyl (C=O) groups excluding carboxylic acids is 2. The van der Waals surface area contributed by atoms with Crippen molar-refractivity contribution in [3.05, 3.63) is 59.7 Å². The third-order valence-electron chi connectivity index (χ3n) is 3.59. The number of amides is 2. The average molecular weight is 310 g/mol. The Kier molecular flexibility index (Phi) is 5.52. The number of rotatable bonds is 5. The van der Waals surface area contributed by atoms with Crippen molar-refractivity contribution in [2.24, 2.45) is 0 Å². The van der Waals surface area contributed by atoms with Crippen LogP contribution in [0.5, 0.6) is 0 Å². The maximum Gasteiger partial charge on any atom is 0.255 e. The molecule has 0 aliphatic carbocycles. The number of anilines is 2. The van der Waals surface area contributed by atoms with Gasteiger partial charge < -0.3 is 10.6 Å². The highest BCUT2D eigenvalue weighted by Gasteiger charge is 2.07. The molecule has 2 rings (SSSR count). The van der Waals surface area contributed by atoms with E-state index in [0.29, 0.717) is 23.6 Å².